The molecule has 150 valence electrons. The zero-order chi connectivity index (χ0) is 19.2. The van der Waals surface area contributed by atoms with E-state index < -0.39 is 0 Å². The van der Waals surface area contributed by atoms with Crippen molar-refractivity contribution < 1.29 is 19.0 Å². The van der Waals surface area contributed by atoms with Gasteiger partial charge >= 0.3 is 0 Å². The van der Waals surface area contributed by atoms with E-state index in [0.717, 1.165) is 45.3 Å². The van der Waals surface area contributed by atoms with Crippen molar-refractivity contribution in [3.63, 3.8) is 0 Å². The van der Waals surface area contributed by atoms with E-state index >= 15 is 0 Å². The van der Waals surface area contributed by atoms with Crippen molar-refractivity contribution in [3.05, 3.63) is 18.2 Å². The van der Waals surface area contributed by atoms with Crippen LogP contribution in [0.25, 0.3) is 0 Å². The SMILES string of the molecule is COc1cccc(OC)c1OC1CCN(CC(=O)N2CCCCC2C)CC1. The highest BCUT2D eigenvalue weighted by Gasteiger charge is 2.28. The number of likely N-dealkylation sites (tertiary alicyclic amines) is 2. The summed E-state index contributed by atoms with van der Waals surface area (Å²) in [4.78, 5) is 17.0. The lowest BCUT2D eigenvalue weighted by atomic mass is 10.0. The van der Waals surface area contributed by atoms with Gasteiger partial charge in [-0.15, -0.1) is 0 Å². The molecule has 1 aromatic carbocycles. The number of piperidine rings is 2. The minimum absolute atomic E-state index is 0.107. The van der Waals surface area contributed by atoms with Gasteiger partial charge in [-0.2, -0.15) is 0 Å². The van der Waals surface area contributed by atoms with Crippen molar-refractivity contribution in [2.75, 3.05) is 40.4 Å². The standard InChI is InChI=1S/C21H32N2O4/c1-16-7-4-5-12-23(16)20(24)15-22-13-10-17(11-14-22)27-21-18(25-2)8-6-9-19(21)26-3/h6,8-9,16-17H,4-5,7,10-15H2,1-3H3. The molecule has 0 N–H and O–H groups in total. The van der Waals surface area contributed by atoms with Crippen LogP contribution in [-0.4, -0.2) is 68.3 Å². The first-order valence-electron chi connectivity index (χ1n) is 10.0. The molecule has 1 amide bonds. The normalized spacial score (nSPS) is 21.7. The van der Waals surface area contributed by atoms with E-state index in [-0.39, 0.29) is 12.0 Å². The Balaban J connectivity index is 1.51. The molecule has 2 aliphatic heterocycles. The Hall–Kier alpha value is -1.95. The van der Waals surface area contributed by atoms with E-state index in [1.54, 1.807) is 14.2 Å². The molecule has 1 atom stereocenters. The molecule has 2 aliphatic rings. The van der Waals surface area contributed by atoms with Gasteiger partial charge in [-0.1, -0.05) is 6.07 Å². The molecule has 2 fully saturated rings. The lowest BCUT2D eigenvalue weighted by Gasteiger charge is -2.37. The highest BCUT2D eigenvalue weighted by atomic mass is 16.5. The summed E-state index contributed by atoms with van der Waals surface area (Å²) in [6.07, 6.45) is 5.39. The van der Waals surface area contributed by atoms with Crippen LogP contribution in [0.3, 0.4) is 0 Å². The molecule has 2 saturated heterocycles. The number of carbonyl (C=O) groups is 1. The third-order valence-electron chi connectivity index (χ3n) is 5.68. The third-order valence-corrected chi connectivity index (χ3v) is 5.68. The summed E-state index contributed by atoms with van der Waals surface area (Å²) in [5, 5.41) is 0. The molecule has 0 spiro atoms. The molecule has 0 radical (unpaired) electrons. The number of ether oxygens (including phenoxy) is 3. The maximum Gasteiger partial charge on any atom is 0.236 e. The number of para-hydroxylation sites is 1. The Morgan fingerprint density at radius 2 is 1.70 bits per heavy atom. The predicted molar refractivity (Wildman–Crippen MR) is 105 cm³/mol. The first-order chi connectivity index (χ1) is 13.1. The van der Waals surface area contributed by atoms with E-state index in [9.17, 15) is 4.79 Å². The number of hydrogen-bond donors (Lipinski definition) is 0. The van der Waals surface area contributed by atoms with Gasteiger partial charge in [-0.3, -0.25) is 9.69 Å². The Bertz CT molecular complexity index is 606. The number of rotatable bonds is 6. The average molecular weight is 376 g/mol. The predicted octanol–water partition coefficient (Wildman–Crippen LogP) is 2.95. The maximum atomic E-state index is 12.6. The molecule has 3 rings (SSSR count). The maximum absolute atomic E-state index is 12.6. The Labute approximate surface area is 162 Å². The van der Waals surface area contributed by atoms with E-state index in [4.69, 9.17) is 14.2 Å². The van der Waals surface area contributed by atoms with Gasteiger partial charge in [0.1, 0.15) is 6.10 Å². The number of hydrogen-bond acceptors (Lipinski definition) is 5. The first kappa shape index (κ1) is 19.8. The van der Waals surface area contributed by atoms with Crippen LogP contribution in [0.15, 0.2) is 18.2 Å². The highest BCUT2D eigenvalue weighted by molar-refractivity contribution is 5.78. The summed E-state index contributed by atoms with van der Waals surface area (Å²) in [5.41, 5.74) is 0. The van der Waals surface area contributed by atoms with Crippen molar-refractivity contribution >= 4 is 5.91 Å². The number of carbonyl (C=O) groups excluding carboxylic acids is 1. The van der Waals surface area contributed by atoms with Crippen LogP contribution < -0.4 is 14.2 Å². The molecule has 1 aromatic rings. The minimum atomic E-state index is 0.107. The van der Waals surface area contributed by atoms with Gasteiger partial charge in [-0.25, -0.2) is 0 Å². The van der Waals surface area contributed by atoms with Gasteiger partial charge in [0.25, 0.3) is 0 Å². The second kappa shape index (κ2) is 9.31. The van der Waals surface area contributed by atoms with Crippen LogP contribution in [0, 0.1) is 0 Å². The fraction of sp³-hybridized carbons (Fsp3) is 0.667. The van der Waals surface area contributed by atoms with Crippen LogP contribution in [0.1, 0.15) is 39.0 Å². The second-order valence-electron chi connectivity index (χ2n) is 7.52. The molecule has 6 heteroatoms. The monoisotopic (exact) mass is 376 g/mol. The molecule has 6 nitrogen and oxygen atoms in total. The molecule has 1 unspecified atom stereocenters. The topological polar surface area (TPSA) is 51.2 Å². The van der Waals surface area contributed by atoms with E-state index in [1.165, 1.54) is 6.42 Å². The Kier molecular flexibility index (Phi) is 6.83. The summed E-state index contributed by atoms with van der Waals surface area (Å²) >= 11 is 0. The molecular weight excluding hydrogens is 344 g/mol. The fourth-order valence-corrected chi connectivity index (χ4v) is 4.04. The number of amides is 1. The molecule has 0 saturated carbocycles. The molecule has 0 bridgehead atoms. The lowest BCUT2D eigenvalue weighted by Crippen LogP contribution is -2.49. The third kappa shape index (κ3) is 4.86. The summed E-state index contributed by atoms with van der Waals surface area (Å²) in [6.45, 7) is 5.34. The summed E-state index contributed by atoms with van der Waals surface area (Å²) in [7, 11) is 3.27. The smallest absolute Gasteiger partial charge is 0.236 e. The van der Waals surface area contributed by atoms with Gasteiger partial charge < -0.3 is 19.1 Å². The first-order valence-corrected chi connectivity index (χ1v) is 10.0. The Morgan fingerprint density at radius 1 is 1.04 bits per heavy atom. The number of benzene rings is 1. The zero-order valence-corrected chi connectivity index (χ0v) is 16.8. The van der Waals surface area contributed by atoms with Crippen LogP contribution in [0.2, 0.25) is 0 Å². The van der Waals surface area contributed by atoms with Crippen LogP contribution in [-0.2, 0) is 4.79 Å². The average Bonchev–Trinajstić information content (AvgIpc) is 2.69. The lowest BCUT2D eigenvalue weighted by molar-refractivity contribution is -0.136. The Morgan fingerprint density at radius 3 is 2.30 bits per heavy atom. The fourth-order valence-electron chi connectivity index (χ4n) is 4.04. The van der Waals surface area contributed by atoms with Crippen molar-refractivity contribution in [1.29, 1.82) is 0 Å². The van der Waals surface area contributed by atoms with Crippen molar-refractivity contribution in [2.45, 2.75) is 51.2 Å². The van der Waals surface area contributed by atoms with E-state index in [0.29, 0.717) is 29.8 Å². The molecular formula is C21H32N2O4. The van der Waals surface area contributed by atoms with Gasteiger partial charge in [0.2, 0.25) is 11.7 Å². The van der Waals surface area contributed by atoms with Gasteiger partial charge in [0.15, 0.2) is 11.5 Å². The molecule has 0 aromatic heterocycles. The minimum Gasteiger partial charge on any atom is -0.493 e. The van der Waals surface area contributed by atoms with Crippen molar-refractivity contribution in [2.24, 2.45) is 0 Å². The van der Waals surface area contributed by atoms with Crippen molar-refractivity contribution in [1.82, 2.24) is 9.80 Å². The quantitative estimate of drug-likeness (QED) is 0.764. The summed E-state index contributed by atoms with van der Waals surface area (Å²) in [6, 6.07) is 6.03. The summed E-state index contributed by atoms with van der Waals surface area (Å²) < 4.78 is 17.0. The zero-order valence-electron chi connectivity index (χ0n) is 16.8. The van der Waals surface area contributed by atoms with Crippen LogP contribution >= 0.6 is 0 Å². The second-order valence-corrected chi connectivity index (χ2v) is 7.52. The highest BCUT2D eigenvalue weighted by Crippen LogP contribution is 2.38. The van der Waals surface area contributed by atoms with Crippen LogP contribution in [0.4, 0.5) is 0 Å². The van der Waals surface area contributed by atoms with Gasteiger partial charge in [0.05, 0.1) is 20.8 Å². The van der Waals surface area contributed by atoms with E-state index in [1.807, 2.05) is 18.2 Å². The number of methoxy groups -OCH3 is 2. The van der Waals surface area contributed by atoms with Crippen LogP contribution in [0.5, 0.6) is 17.2 Å². The summed E-state index contributed by atoms with van der Waals surface area (Å²) in [5.74, 6) is 2.31. The van der Waals surface area contributed by atoms with Crippen molar-refractivity contribution in [3.8, 4) is 17.2 Å². The van der Waals surface area contributed by atoms with Gasteiger partial charge in [-0.05, 0) is 51.2 Å². The van der Waals surface area contributed by atoms with E-state index in [2.05, 4.69) is 16.7 Å². The largest absolute Gasteiger partial charge is 0.493 e. The molecule has 2 heterocycles. The van der Waals surface area contributed by atoms with Gasteiger partial charge in [0, 0.05) is 25.7 Å². The number of nitrogens with zero attached hydrogens (tertiary/aromatic N) is 2. The molecule has 0 aliphatic carbocycles. The molecule has 27 heavy (non-hydrogen) atoms.